The molecule has 0 saturated carbocycles. The monoisotopic (exact) mass is 246 g/mol. The summed E-state index contributed by atoms with van der Waals surface area (Å²) in [6.45, 7) is 0.865. The predicted octanol–water partition coefficient (Wildman–Crippen LogP) is 1.16. The Hall–Kier alpha value is -1.21. The number of alkyl halides is 3. The number of hydrogen-bond acceptors (Lipinski definition) is 4. The molecule has 0 bridgehead atoms. The molecule has 0 unspecified atom stereocenters. The molecule has 2 rings (SSSR count). The summed E-state index contributed by atoms with van der Waals surface area (Å²) >= 11 is 0. The third kappa shape index (κ3) is 2.55. The van der Waals surface area contributed by atoms with Crippen molar-refractivity contribution in [2.24, 2.45) is 0 Å². The minimum atomic E-state index is -4.42. The maximum atomic E-state index is 12.8. The Bertz CT molecular complexity index is 428. The van der Waals surface area contributed by atoms with Gasteiger partial charge in [-0.1, -0.05) is 0 Å². The Labute approximate surface area is 96.9 Å². The van der Waals surface area contributed by atoms with Gasteiger partial charge in [-0.3, -0.25) is 0 Å². The molecule has 1 aliphatic heterocycles. The van der Waals surface area contributed by atoms with Gasteiger partial charge in [-0.15, -0.1) is 0 Å². The molecule has 1 N–H and O–H groups in total. The summed E-state index contributed by atoms with van der Waals surface area (Å²) in [7, 11) is 3.53. The lowest BCUT2D eigenvalue weighted by molar-refractivity contribution is -0.142. The van der Waals surface area contributed by atoms with Crippen LogP contribution in [0.3, 0.4) is 0 Å². The van der Waals surface area contributed by atoms with Gasteiger partial charge < -0.3 is 10.2 Å². The van der Waals surface area contributed by atoms with Gasteiger partial charge >= 0.3 is 6.18 Å². The Morgan fingerprint density at radius 2 is 1.94 bits per heavy atom. The minimum Gasteiger partial charge on any atom is -0.307 e. The summed E-state index contributed by atoms with van der Waals surface area (Å²) in [4.78, 5) is 9.53. The zero-order chi connectivity index (χ0) is 12.6. The Balaban J connectivity index is 2.46. The molecule has 1 aliphatic rings. The fourth-order valence-corrected chi connectivity index (χ4v) is 1.81. The number of halogens is 3. The molecule has 2 heterocycles. The summed E-state index contributed by atoms with van der Waals surface area (Å²) in [6.07, 6.45) is -4.42. The Morgan fingerprint density at radius 3 is 2.53 bits per heavy atom. The molecule has 1 aromatic rings. The highest BCUT2D eigenvalue weighted by atomic mass is 19.4. The molecule has 0 atom stereocenters. The SMILES string of the molecule is CN(C)Cc1nc2c(c(C(F)(F)F)n1)CNC2. The molecule has 7 heteroatoms. The van der Waals surface area contributed by atoms with Gasteiger partial charge in [0.05, 0.1) is 12.2 Å². The second-order valence-electron chi connectivity index (χ2n) is 4.25. The predicted molar refractivity (Wildman–Crippen MR) is 55.0 cm³/mol. The molecule has 0 aromatic carbocycles. The molecule has 0 amide bonds. The van der Waals surface area contributed by atoms with E-state index in [0.29, 0.717) is 18.8 Å². The van der Waals surface area contributed by atoms with Crippen LogP contribution in [0.15, 0.2) is 0 Å². The third-order valence-corrected chi connectivity index (χ3v) is 2.46. The van der Waals surface area contributed by atoms with Crippen LogP contribution in [0, 0.1) is 0 Å². The van der Waals surface area contributed by atoms with E-state index >= 15 is 0 Å². The van der Waals surface area contributed by atoms with E-state index in [2.05, 4.69) is 15.3 Å². The van der Waals surface area contributed by atoms with Crippen molar-refractivity contribution in [3.05, 3.63) is 22.8 Å². The number of hydrogen-bond donors (Lipinski definition) is 1. The van der Waals surface area contributed by atoms with E-state index in [4.69, 9.17) is 0 Å². The van der Waals surface area contributed by atoms with Crippen LogP contribution in [0.5, 0.6) is 0 Å². The van der Waals surface area contributed by atoms with Crippen LogP contribution in [-0.4, -0.2) is 29.0 Å². The van der Waals surface area contributed by atoms with Gasteiger partial charge in [-0.25, -0.2) is 9.97 Å². The molecule has 0 aliphatic carbocycles. The van der Waals surface area contributed by atoms with Crippen molar-refractivity contribution in [3.8, 4) is 0 Å². The van der Waals surface area contributed by atoms with Crippen molar-refractivity contribution in [1.29, 1.82) is 0 Å². The third-order valence-electron chi connectivity index (χ3n) is 2.46. The van der Waals surface area contributed by atoms with E-state index in [1.165, 1.54) is 0 Å². The summed E-state index contributed by atoms with van der Waals surface area (Å²) in [5.74, 6) is 0.213. The fourth-order valence-electron chi connectivity index (χ4n) is 1.81. The molecular formula is C10H13F3N4. The van der Waals surface area contributed by atoms with Crippen LogP contribution in [0.25, 0.3) is 0 Å². The zero-order valence-electron chi connectivity index (χ0n) is 9.60. The maximum Gasteiger partial charge on any atom is 0.433 e. The van der Waals surface area contributed by atoms with Gasteiger partial charge in [0.15, 0.2) is 5.69 Å². The fraction of sp³-hybridized carbons (Fsp3) is 0.600. The quantitative estimate of drug-likeness (QED) is 0.850. The zero-order valence-corrected chi connectivity index (χ0v) is 9.60. The lowest BCUT2D eigenvalue weighted by Crippen LogP contribution is -2.19. The van der Waals surface area contributed by atoms with Gasteiger partial charge in [0, 0.05) is 18.7 Å². The standard InChI is InChI=1S/C10H13F3N4/c1-17(2)5-8-15-7-4-14-3-6(7)9(16-8)10(11,12)13/h14H,3-5H2,1-2H3. The molecule has 0 saturated heterocycles. The second-order valence-corrected chi connectivity index (χ2v) is 4.25. The number of fused-ring (bicyclic) bond motifs is 1. The highest BCUT2D eigenvalue weighted by Gasteiger charge is 2.38. The van der Waals surface area contributed by atoms with E-state index in [9.17, 15) is 13.2 Å². The van der Waals surface area contributed by atoms with Gasteiger partial charge in [0.2, 0.25) is 0 Å². The molecular weight excluding hydrogens is 233 g/mol. The van der Waals surface area contributed by atoms with Gasteiger partial charge in [0.25, 0.3) is 0 Å². The molecule has 0 fully saturated rings. The van der Waals surface area contributed by atoms with Crippen molar-refractivity contribution < 1.29 is 13.2 Å². The first kappa shape index (κ1) is 12.3. The molecule has 4 nitrogen and oxygen atoms in total. The molecule has 0 radical (unpaired) electrons. The normalized spacial score (nSPS) is 15.4. The van der Waals surface area contributed by atoms with Crippen LogP contribution in [0.2, 0.25) is 0 Å². The first-order valence-electron chi connectivity index (χ1n) is 5.19. The van der Waals surface area contributed by atoms with Crippen LogP contribution < -0.4 is 5.32 Å². The number of aromatic nitrogens is 2. The van der Waals surface area contributed by atoms with Gasteiger partial charge in [-0.2, -0.15) is 13.2 Å². The first-order chi connectivity index (χ1) is 7.88. The van der Waals surface area contributed by atoms with Crippen molar-refractivity contribution in [2.75, 3.05) is 14.1 Å². The van der Waals surface area contributed by atoms with Gasteiger partial charge in [-0.05, 0) is 14.1 Å². The maximum absolute atomic E-state index is 12.8. The largest absolute Gasteiger partial charge is 0.433 e. The van der Waals surface area contributed by atoms with Crippen LogP contribution >= 0.6 is 0 Å². The first-order valence-corrected chi connectivity index (χ1v) is 5.19. The highest BCUT2D eigenvalue weighted by Crippen LogP contribution is 2.33. The number of rotatable bonds is 2. The summed E-state index contributed by atoms with van der Waals surface area (Å²) < 4.78 is 38.5. The smallest absolute Gasteiger partial charge is 0.307 e. The van der Waals surface area contributed by atoms with Crippen LogP contribution in [0.1, 0.15) is 22.8 Å². The number of nitrogens with one attached hydrogen (secondary N) is 1. The minimum absolute atomic E-state index is 0.181. The summed E-state index contributed by atoms with van der Waals surface area (Å²) in [6, 6.07) is 0. The Morgan fingerprint density at radius 1 is 1.24 bits per heavy atom. The molecule has 1 aromatic heterocycles. The van der Waals surface area contributed by atoms with Gasteiger partial charge in [0.1, 0.15) is 5.82 Å². The Kier molecular flexibility index (Phi) is 3.05. The van der Waals surface area contributed by atoms with Crippen LogP contribution in [0.4, 0.5) is 13.2 Å². The number of nitrogens with zero attached hydrogens (tertiary/aromatic N) is 3. The molecule has 17 heavy (non-hydrogen) atoms. The average molecular weight is 246 g/mol. The molecule has 0 spiro atoms. The van der Waals surface area contributed by atoms with Crippen molar-refractivity contribution in [3.63, 3.8) is 0 Å². The summed E-state index contributed by atoms with van der Waals surface area (Å²) in [5.41, 5.74) is -0.159. The second kappa shape index (κ2) is 4.23. The van der Waals surface area contributed by atoms with Crippen molar-refractivity contribution in [2.45, 2.75) is 25.8 Å². The lowest BCUT2D eigenvalue weighted by atomic mass is 10.2. The van der Waals surface area contributed by atoms with Crippen molar-refractivity contribution >= 4 is 0 Å². The lowest BCUT2D eigenvalue weighted by Gasteiger charge is -2.14. The molecule has 94 valence electrons. The van der Waals surface area contributed by atoms with Crippen molar-refractivity contribution in [1.82, 2.24) is 20.2 Å². The van der Waals surface area contributed by atoms with E-state index in [0.717, 1.165) is 0 Å². The van der Waals surface area contributed by atoms with E-state index in [1.807, 2.05) is 0 Å². The highest BCUT2D eigenvalue weighted by molar-refractivity contribution is 5.31. The van der Waals surface area contributed by atoms with E-state index in [-0.39, 0.29) is 17.9 Å². The average Bonchev–Trinajstić information content (AvgIpc) is 2.61. The topological polar surface area (TPSA) is 41.1 Å². The van der Waals surface area contributed by atoms with Crippen LogP contribution in [-0.2, 0) is 25.8 Å². The van der Waals surface area contributed by atoms with E-state index < -0.39 is 11.9 Å². The summed E-state index contributed by atoms with van der Waals surface area (Å²) in [5, 5.41) is 2.86. The van der Waals surface area contributed by atoms with E-state index in [1.54, 1.807) is 19.0 Å².